The Morgan fingerprint density at radius 3 is 2.57 bits per heavy atom. The largest absolute Gasteiger partial charge is 0.507 e. The standard InChI is InChI=1S/C27H34N2O7.H2O.2H2/c28-26(35)12-23(33)21(14-31)16(7-8-30)9-15-10-20-19(4-5-22(32)27(20)24(34)11-15)25-6-3-18(36-25)13-29-17-1-2-17;;;/h3-6,15-17,21,29-32H,1-2,7-14H2,(H2,28,35);1H2;2*1H. The number of carbonyl (C=O) groups excluding carboxylic acids is 3. The Bertz CT molecular complexity index is 1130. The number of phenolic OH excluding ortho intramolecular Hbond substituents is 1. The Kier molecular flexibility index (Phi) is 9.61. The normalized spacial score (nSPS) is 18.5. The number of benzene rings is 1. The summed E-state index contributed by atoms with van der Waals surface area (Å²) in [4.78, 5) is 36.9. The van der Waals surface area contributed by atoms with Gasteiger partial charge in [0.15, 0.2) is 5.78 Å². The smallest absolute Gasteiger partial charge is 0.224 e. The minimum absolute atomic E-state index is 0. The molecule has 10 nitrogen and oxygen atoms in total. The Morgan fingerprint density at radius 2 is 1.92 bits per heavy atom. The molecule has 0 spiro atoms. The van der Waals surface area contributed by atoms with E-state index in [0.29, 0.717) is 42.3 Å². The maximum atomic E-state index is 13.1. The zero-order valence-corrected chi connectivity index (χ0v) is 20.7. The van der Waals surface area contributed by atoms with Gasteiger partial charge in [0, 0.05) is 33.4 Å². The van der Waals surface area contributed by atoms with Gasteiger partial charge in [0.1, 0.15) is 23.1 Å². The fraction of sp³-hybridized carbons (Fsp3) is 0.519. The molecule has 37 heavy (non-hydrogen) atoms. The number of carbonyl (C=O) groups is 3. The molecule has 2 aliphatic carbocycles. The summed E-state index contributed by atoms with van der Waals surface area (Å²) in [5.41, 5.74) is 6.89. The predicted molar refractivity (Wildman–Crippen MR) is 139 cm³/mol. The van der Waals surface area contributed by atoms with Gasteiger partial charge >= 0.3 is 0 Å². The molecule has 10 heteroatoms. The van der Waals surface area contributed by atoms with Crippen LogP contribution in [-0.2, 0) is 22.6 Å². The molecule has 1 saturated carbocycles. The number of Topliss-reactive ketones (excluding diaryl/α,β-unsaturated/α-hetero) is 2. The van der Waals surface area contributed by atoms with Crippen LogP contribution in [-0.4, -0.2) is 57.5 Å². The van der Waals surface area contributed by atoms with E-state index in [1.807, 2.05) is 12.1 Å². The predicted octanol–water partition coefficient (Wildman–Crippen LogP) is 1.76. The summed E-state index contributed by atoms with van der Waals surface area (Å²) in [6.45, 7) is -0.0419. The summed E-state index contributed by atoms with van der Waals surface area (Å²) in [7, 11) is 0. The molecule has 3 atom stereocenters. The second-order valence-electron chi connectivity index (χ2n) is 10.0. The SMILES string of the molecule is NC(=O)CC(=O)C(CO)C(CCO)CC1CC(=O)c2c(O)ccc(-c3ccc(CNC4CC4)o3)c2C1.O.[HH].[HH]. The molecular formula is C27H40N2O8. The van der Waals surface area contributed by atoms with Crippen LogP contribution in [0.25, 0.3) is 11.3 Å². The Morgan fingerprint density at radius 1 is 1.16 bits per heavy atom. The van der Waals surface area contributed by atoms with Gasteiger partial charge in [-0.15, -0.1) is 0 Å². The first-order valence-corrected chi connectivity index (χ1v) is 12.5. The molecule has 8 N–H and O–H groups in total. The number of rotatable bonds is 13. The maximum absolute atomic E-state index is 13.1. The first-order chi connectivity index (χ1) is 17.3. The fourth-order valence-corrected chi connectivity index (χ4v) is 5.33. The number of hydrogen-bond acceptors (Lipinski definition) is 8. The Labute approximate surface area is 218 Å². The van der Waals surface area contributed by atoms with Crippen LogP contribution in [0.4, 0.5) is 0 Å². The van der Waals surface area contributed by atoms with Crippen molar-refractivity contribution in [1.29, 1.82) is 0 Å². The van der Waals surface area contributed by atoms with Crippen molar-refractivity contribution in [3.63, 3.8) is 0 Å². The molecule has 1 fully saturated rings. The summed E-state index contributed by atoms with van der Waals surface area (Å²) in [5.74, 6) is -1.55. The number of aliphatic hydroxyl groups is 2. The van der Waals surface area contributed by atoms with E-state index in [2.05, 4.69) is 5.32 Å². The van der Waals surface area contributed by atoms with Crippen LogP contribution in [0.3, 0.4) is 0 Å². The van der Waals surface area contributed by atoms with Crippen molar-refractivity contribution < 1.29 is 42.4 Å². The van der Waals surface area contributed by atoms with Crippen LogP contribution in [0.1, 0.15) is 63.1 Å². The van der Waals surface area contributed by atoms with Gasteiger partial charge in [-0.1, -0.05) is 0 Å². The number of hydrogen-bond donors (Lipinski definition) is 5. The minimum Gasteiger partial charge on any atom is -0.507 e. The van der Waals surface area contributed by atoms with E-state index < -0.39 is 36.6 Å². The average molecular weight is 521 g/mol. The molecule has 4 rings (SSSR count). The van der Waals surface area contributed by atoms with Crippen molar-refractivity contribution in [3.05, 3.63) is 41.2 Å². The molecular weight excluding hydrogens is 480 g/mol. The molecule has 0 bridgehead atoms. The average Bonchev–Trinajstić information content (AvgIpc) is 3.53. The Balaban J connectivity index is 0.00000253. The highest BCUT2D eigenvalue weighted by Crippen LogP contribution is 2.41. The number of nitrogens with one attached hydrogen (secondary N) is 1. The summed E-state index contributed by atoms with van der Waals surface area (Å²) < 4.78 is 6.06. The van der Waals surface area contributed by atoms with Crippen molar-refractivity contribution in [1.82, 2.24) is 5.32 Å². The second kappa shape index (κ2) is 12.5. The van der Waals surface area contributed by atoms with Crippen molar-refractivity contribution >= 4 is 17.5 Å². The van der Waals surface area contributed by atoms with Crippen LogP contribution in [0, 0.1) is 17.8 Å². The quantitative estimate of drug-likeness (QED) is 0.246. The van der Waals surface area contributed by atoms with Gasteiger partial charge in [-0.3, -0.25) is 14.4 Å². The second-order valence-corrected chi connectivity index (χ2v) is 10.0. The third-order valence-corrected chi connectivity index (χ3v) is 7.27. The summed E-state index contributed by atoms with van der Waals surface area (Å²) in [6, 6.07) is 7.57. The first kappa shape index (κ1) is 28.5. The molecule has 1 aromatic carbocycles. The van der Waals surface area contributed by atoms with Gasteiger partial charge in [-0.25, -0.2) is 0 Å². The number of primary amides is 1. The highest BCUT2D eigenvalue weighted by molar-refractivity contribution is 6.03. The number of amides is 1. The monoisotopic (exact) mass is 520 g/mol. The zero-order valence-electron chi connectivity index (χ0n) is 20.7. The summed E-state index contributed by atoms with van der Waals surface area (Å²) in [6.07, 6.45) is 3.14. The summed E-state index contributed by atoms with van der Waals surface area (Å²) >= 11 is 0. The molecule has 1 aromatic heterocycles. The third-order valence-electron chi connectivity index (χ3n) is 7.27. The zero-order chi connectivity index (χ0) is 25.8. The van der Waals surface area contributed by atoms with Crippen LogP contribution in [0.2, 0.25) is 0 Å². The molecule has 206 valence electrons. The lowest BCUT2D eigenvalue weighted by molar-refractivity contribution is -0.131. The number of aromatic hydroxyl groups is 1. The lowest BCUT2D eigenvalue weighted by atomic mass is 9.73. The van der Waals surface area contributed by atoms with E-state index in [1.54, 1.807) is 6.07 Å². The van der Waals surface area contributed by atoms with E-state index in [-0.39, 0.29) is 45.2 Å². The van der Waals surface area contributed by atoms with Crippen molar-refractivity contribution in [2.75, 3.05) is 13.2 Å². The molecule has 1 heterocycles. The van der Waals surface area contributed by atoms with Gasteiger partial charge in [-0.05, 0) is 73.8 Å². The first-order valence-electron chi connectivity index (χ1n) is 12.5. The number of phenols is 1. The Hall–Kier alpha value is -3.05. The van der Waals surface area contributed by atoms with Gasteiger partial charge in [-0.2, -0.15) is 0 Å². The number of nitrogens with two attached hydrogens (primary N) is 1. The fourth-order valence-electron chi connectivity index (χ4n) is 5.33. The molecule has 0 saturated heterocycles. The molecule has 1 amide bonds. The summed E-state index contributed by atoms with van der Waals surface area (Å²) in [5, 5.41) is 33.4. The number of furan rings is 1. The van der Waals surface area contributed by atoms with E-state index in [4.69, 9.17) is 10.2 Å². The minimum atomic E-state index is -0.851. The van der Waals surface area contributed by atoms with Crippen molar-refractivity contribution in [2.45, 2.75) is 57.5 Å². The number of ketones is 2. The molecule has 3 unspecified atom stereocenters. The molecule has 0 aliphatic heterocycles. The molecule has 2 aromatic rings. The van der Waals surface area contributed by atoms with E-state index in [1.165, 1.54) is 18.9 Å². The highest BCUT2D eigenvalue weighted by atomic mass is 16.3. The van der Waals surface area contributed by atoms with Crippen LogP contribution >= 0.6 is 0 Å². The number of aliphatic hydroxyl groups excluding tert-OH is 2. The van der Waals surface area contributed by atoms with Gasteiger partial charge in [0.05, 0.1) is 25.1 Å². The highest BCUT2D eigenvalue weighted by Gasteiger charge is 2.35. The van der Waals surface area contributed by atoms with Crippen molar-refractivity contribution in [3.8, 4) is 17.1 Å². The van der Waals surface area contributed by atoms with Gasteiger partial charge in [0.2, 0.25) is 5.91 Å². The van der Waals surface area contributed by atoms with Crippen LogP contribution < -0.4 is 11.1 Å². The maximum Gasteiger partial charge on any atom is 0.224 e. The van der Waals surface area contributed by atoms with E-state index >= 15 is 0 Å². The lowest BCUT2D eigenvalue weighted by Gasteiger charge is -2.31. The van der Waals surface area contributed by atoms with E-state index in [0.717, 1.165) is 11.3 Å². The van der Waals surface area contributed by atoms with E-state index in [9.17, 15) is 29.7 Å². The van der Waals surface area contributed by atoms with Crippen molar-refractivity contribution in [2.24, 2.45) is 23.5 Å². The molecule has 0 radical (unpaired) electrons. The topological polar surface area (TPSA) is 195 Å². The van der Waals surface area contributed by atoms with Crippen LogP contribution in [0.15, 0.2) is 28.7 Å². The number of fused-ring (bicyclic) bond motifs is 1. The lowest BCUT2D eigenvalue weighted by Crippen LogP contribution is -2.33. The van der Waals surface area contributed by atoms with Gasteiger partial charge < -0.3 is 36.3 Å². The van der Waals surface area contributed by atoms with Gasteiger partial charge in [0.25, 0.3) is 0 Å². The van der Waals surface area contributed by atoms with Crippen LogP contribution in [0.5, 0.6) is 5.75 Å². The molecule has 2 aliphatic rings. The third kappa shape index (κ3) is 6.84.